The van der Waals surface area contributed by atoms with Gasteiger partial charge in [0.25, 0.3) is 0 Å². The molecule has 0 aliphatic heterocycles. The Morgan fingerprint density at radius 2 is 2.03 bits per heavy atom. The summed E-state index contributed by atoms with van der Waals surface area (Å²) in [6.45, 7) is 8.05. The van der Waals surface area contributed by atoms with Gasteiger partial charge in [-0.3, -0.25) is 9.36 Å². The Balaban J connectivity index is 1.68. The molecule has 3 rings (SSSR count). The van der Waals surface area contributed by atoms with Crippen LogP contribution in [0.2, 0.25) is 0 Å². The van der Waals surface area contributed by atoms with Crippen molar-refractivity contribution in [1.82, 2.24) is 14.5 Å². The van der Waals surface area contributed by atoms with E-state index in [-0.39, 0.29) is 17.3 Å². The van der Waals surface area contributed by atoms with Crippen LogP contribution in [0.5, 0.6) is 5.75 Å². The summed E-state index contributed by atoms with van der Waals surface area (Å²) in [5, 5.41) is 3.60. The molecular weight excluding hydrogens is 424 g/mol. The summed E-state index contributed by atoms with van der Waals surface area (Å²) in [4.78, 5) is 32.1. The van der Waals surface area contributed by atoms with Crippen molar-refractivity contribution in [2.75, 3.05) is 37.8 Å². The maximum absolute atomic E-state index is 12.8. The van der Waals surface area contributed by atoms with Crippen molar-refractivity contribution < 1.29 is 9.53 Å². The Labute approximate surface area is 194 Å². The van der Waals surface area contributed by atoms with Crippen LogP contribution in [0.3, 0.4) is 0 Å². The molecule has 1 aliphatic rings. The van der Waals surface area contributed by atoms with Crippen LogP contribution >= 0.6 is 11.8 Å². The average molecular weight is 459 g/mol. The van der Waals surface area contributed by atoms with Crippen molar-refractivity contribution in [3.8, 4) is 5.75 Å². The van der Waals surface area contributed by atoms with Crippen LogP contribution in [-0.2, 0) is 24.2 Å². The first-order valence-corrected chi connectivity index (χ1v) is 12.5. The van der Waals surface area contributed by atoms with E-state index in [1.54, 1.807) is 13.2 Å². The van der Waals surface area contributed by atoms with Crippen LogP contribution in [-0.4, -0.2) is 52.9 Å². The van der Waals surface area contributed by atoms with E-state index in [1.807, 2.05) is 22.8 Å². The monoisotopic (exact) mass is 458 g/mol. The number of rotatable bonds is 11. The zero-order chi connectivity index (χ0) is 22.9. The number of thioether (sulfide) groups is 1. The predicted molar refractivity (Wildman–Crippen MR) is 130 cm³/mol. The summed E-state index contributed by atoms with van der Waals surface area (Å²) in [6.07, 6.45) is 4.94. The van der Waals surface area contributed by atoms with Gasteiger partial charge in [0, 0.05) is 29.6 Å². The number of carbonyl (C=O) groups excluding carboxylic acids is 1. The molecule has 1 aromatic carbocycles. The van der Waals surface area contributed by atoms with Crippen LogP contribution in [0.15, 0.2) is 34.1 Å². The van der Waals surface area contributed by atoms with Crippen molar-refractivity contribution in [3.63, 3.8) is 0 Å². The average Bonchev–Trinajstić information content (AvgIpc) is 2.82. The number of anilines is 1. The minimum Gasteiger partial charge on any atom is -0.497 e. The lowest BCUT2D eigenvalue weighted by atomic mass is 9.97. The van der Waals surface area contributed by atoms with Crippen molar-refractivity contribution in [2.24, 2.45) is 0 Å². The van der Waals surface area contributed by atoms with E-state index in [0.29, 0.717) is 23.0 Å². The van der Waals surface area contributed by atoms with Crippen LogP contribution < -0.4 is 15.7 Å². The number of carbonyl (C=O) groups is 1. The fourth-order valence-corrected chi connectivity index (χ4v) is 5.00. The largest absolute Gasteiger partial charge is 0.497 e. The Morgan fingerprint density at radius 1 is 1.25 bits per heavy atom. The summed E-state index contributed by atoms with van der Waals surface area (Å²) >= 11 is 1.36. The molecule has 0 atom stereocenters. The first-order valence-electron chi connectivity index (χ1n) is 11.5. The van der Waals surface area contributed by atoms with E-state index in [9.17, 15) is 9.59 Å². The molecule has 1 N–H and O–H groups in total. The van der Waals surface area contributed by atoms with Crippen LogP contribution in [0.4, 0.5) is 5.69 Å². The van der Waals surface area contributed by atoms with Crippen molar-refractivity contribution in [1.29, 1.82) is 0 Å². The van der Waals surface area contributed by atoms with Gasteiger partial charge >= 0.3 is 5.69 Å². The van der Waals surface area contributed by atoms with Crippen LogP contribution in [0.1, 0.15) is 44.4 Å². The van der Waals surface area contributed by atoms with E-state index in [2.05, 4.69) is 29.0 Å². The molecule has 0 saturated heterocycles. The van der Waals surface area contributed by atoms with E-state index in [1.165, 1.54) is 11.8 Å². The van der Waals surface area contributed by atoms with Gasteiger partial charge in [-0.25, -0.2) is 4.79 Å². The lowest BCUT2D eigenvalue weighted by Crippen LogP contribution is -2.32. The maximum Gasteiger partial charge on any atom is 0.348 e. The molecule has 1 aromatic heterocycles. The normalized spacial score (nSPS) is 13.1. The quantitative estimate of drug-likeness (QED) is 0.410. The first kappa shape index (κ1) is 24.3. The van der Waals surface area contributed by atoms with Crippen molar-refractivity contribution in [3.05, 3.63) is 46.0 Å². The number of aromatic nitrogens is 2. The van der Waals surface area contributed by atoms with E-state index < -0.39 is 0 Å². The molecule has 1 aliphatic carbocycles. The molecule has 0 unspecified atom stereocenters. The van der Waals surface area contributed by atoms with Gasteiger partial charge in [-0.1, -0.05) is 31.7 Å². The van der Waals surface area contributed by atoms with Gasteiger partial charge in [0.1, 0.15) is 10.8 Å². The van der Waals surface area contributed by atoms with Crippen molar-refractivity contribution in [2.45, 2.75) is 57.5 Å². The van der Waals surface area contributed by atoms with E-state index >= 15 is 0 Å². The first-order chi connectivity index (χ1) is 15.5. The van der Waals surface area contributed by atoms with E-state index in [0.717, 1.165) is 63.0 Å². The molecule has 7 nitrogen and oxygen atoms in total. The van der Waals surface area contributed by atoms with Gasteiger partial charge in [-0.05, 0) is 63.9 Å². The zero-order valence-corrected chi connectivity index (χ0v) is 20.2. The third kappa shape index (κ3) is 6.36. The molecule has 1 heterocycles. The topological polar surface area (TPSA) is 76.5 Å². The van der Waals surface area contributed by atoms with Gasteiger partial charge in [0.15, 0.2) is 0 Å². The Morgan fingerprint density at radius 3 is 2.78 bits per heavy atom. The zero-order valence-electron chi connectivity index (χ0n) is 19.4. The minimum atomic E-state index is -0.194. The fourth-order valence-electron chi connectivity index (χ4n) is 4.12. The second-order valence-electron chi connectivity index (χ2n) is 7.93. The summed E-state index contributed by atoms with van der Waals surface area (Å²) in [5.74, 6) is 0.774. The predicted octanol–water partition coefficient (Wildman–Crippen LogP) is 3.59. The van der Waals surface area contributed by atoms with Crippen molar-refractivity contribution >= 4 is 23.4 Å². The van der Waals surface area contributed by atoms with E-state index in [4.69, 9.17) is 4.74 Å². The summed E-state index contributed by atoms with van der Waals surface area (Å²) < 4.78 is 7.07. The highest BCUT2D eigenvalue weighted by molar-refractivity contribution is 8.00. The highest BCUT2D eigenvalue weighted by Crippen LogP contribution is 2.28. The second-order valence-corrected chi connectivity index (χ2v) is 8.90. The summed E-state index contributed by atoms with van der Waals surface area (Å²) in [7, 11) is 1.59. The molecule has 8 heteroatoms. The Kier molecular flexibility index (Phi) is 9.17. The number of ether oxygens (including phenoxy) is 1. The molecule has 0 radical (unpaired) electrons. The van der Waals surface area contributed by atoms with Gasteiger partial charge in [-0.2, -0.15) is 4.98 Å². The number of benzene rings is 1. The molecule has 0 saturated carbocycles. The summed E-state index contributed by atoms with van der Waals surface area (Å²) in [6, 6.07) is 7.27. The SMILES string of the molecule is CCN(CC)CCCn1c2c(c(SCC(=O)Nc3cccc(OC)c3)nc1=O)CCCC2. The number of amides is 1. The lowest BCUT2D eigenvalue weighted by molar-refractivity contribution is -0.113. The number of hydrogen-bond acceptors (Lipinski definition) is 6. The minimum absolute atomic E-state index is 0.127. The molecule has 32 heavy (non-hydrogen) atoms. The molecule has 0 bridgehead atoms. The number of methoxy groups -OCH3 is 1. The van der Waals surface area contributed by atoms with Gasteiger partial charge in [0.2, 0.25) is 5.91 Å². The second kappa shape index (κ2) is 12.1. The van der Waals surface area contributed by atoms with Crippen LogP contribution in [0, 0.1) is 0 Å². The Hall–Kier alpha value is -2.32. The molecule has 0 spiro atoms. The number of hydrogen-bond donors (Lipinski definition) is 1. The Bertz CT molecular complexity index is 972. The third-order valence-corrected chi connectivity index (χ3v) is 6.91. The standard InChI is InChI=1S/C24H34N4O3S/c1-4-27(5-2)14-9-15-28-21-13-7-6-12-20(21)23(26-24(28)30)32-17-22(29)25-18-10-8-11-19(16-18)31-3/h8,10-11,16H,4-7,9,12-15,17H2,1-3H3,(H,25,29). The highest BCUT2D eigenvalue weighted by Gasteiger charge is 2.21. The van der Waals surface area contributed by atoms with Gasteiger partial charge < -0.3 is 15.0 Å². The molecule has 1 amide bonds. The smallest absolute Gasteiger partial charge is 0.348 e. The molecule has 2 aromatic rings. The number of nitrogens with one attached hydrogen (secondary N) is 1. The molecule has 0 fully saturated rings. The molecule has 174 valence electrons. The highest BCUT2D eigenvalue weighted by atomic mass is 32.2. The maximum atomic E-state index is 12.8. The fraction of sp³-hybridized carbons (Fsp3) is 0.542. The van der Waals surface area contributed by atoms with Gasteiger partial charge in [0.05, 0.1) is 12.9 Å². The lowest BCUT2D eigenvalue weighted by Gasteiger charge is -2.23. The number of nitrogens with zero attached hydrogens (tertiary/aromatic N) is 3. The summed E-state index contributed by atoms with van der Waals surface area (Å²) in [5.41, 5.74) is 2.76. The third-order valence-electron chi connectivity index (χ3n) is 5.89. The van der Waals surface area contributed by atoms with Crippen LogP contribution in [0.25, 0.3) is 0 Å². The molecular formula is C24H34N4O3S. The number of fused-ring (bicyclic) bond motifs is 1. The van der Waals surface area contributed by atoms with Gasteiger partial charge in [-0.15, -0.1) is 0 Å².